The second-order valence-electron chi connectivity index (χ2n) is 10.0. The van der Waals surface area contributed by atoms with E-state index in [1.807, 2.05) is 12.1 Å². The van der Waals surface area contributed by atoms with Crippen molar-refractivity contribution in [3.05, 3.63) is 106 Å². The van der Waals surface area contributed by atoms with Crippen LogP contribution in [0.3, 0.4) is 0 Å². The lowest BCUT2D eigenvalue weighted by Crippen LogP contribution is -2.24. The highest BCUT2D eigenvalue weighted by molar-refractivity contribution is 5.88. The highest BCUT2D eigenvalue weighted by Crippen LogP contribution is 2.40. The Labute approximate surface area is 218 Å². The zero-order valence-corrected chi connectivity index (χ0v) is 21.2. The van der Waals surface area contributed by atoms with Crippen molar-refractivity contribution in [2.45, 2.75) is 64.0 Å². The molecule has 0 bridgehead atoms. The molecule has 5 nitrogen and oxygen atoms in total. The van der Waals surface area contributed by atoms with Gasteiger partial charge in [-0.2, -0.15) is 0 Å². The van der Waals surface area contributed by atoms with Crippen LogP contribution in [0, 0.1) is 0 Å². The summed E-state index contributed by atoms with van der Waals surface area (Å²) in [7, 11) is 0. The van der Waals surface area contributed by atoms with E-state index in [0.717, 1.165) is 51.5 Å². The average molecular weight is 495 g/mol. The van der Waals surface area contributed by atoms with Gasteiger partial charge in [0.2, 0.25) is 6.41 Å². The van der Waals surface area contributed by atoms with Crippen LogP contribution in [0.1, 0.15) is 65.2 Å². The number of nitrogens with one attached hydrogen (secondary N) is 1. The van der Waals surface area contributed by atoms with E-state index in [9.17, 15) is 14.7 Å². The largest absolute Gasteiger partial charge is 0.481 e. The summed E-state index contributed by atoms with van der Waals surface area (Å²) in [5, 5.41) is 13.5. The van der Waals surface area contributed by atoms with Crippen molar-refractivity contribution in [3.63, 3.8) is 0 Å². The van der Waals surface area contributed by atoms with E-state index in [1.54, 1.807) is 0 Å². The number of fused-ring (bicyclic) bond motifs is 3. The lowest BCUT2D eigenvalue weighted by molar-refractivity contribution is -0.137. The normalized spacial score (nSPS) is 14.9. The molecule has 0 spiro atoms. The van der Waals surface area contributed by atoms with Gasteiger partial charge >= 0.3 is 5.97 Å². The third-order valence-electron chi connectivity index (χ3n) is 7.61. The fourth-order valence-electron chi connectivity index (χ4n) is 5.85. The Hall–Kier alpha value is -3.86. The van der Waals surface area contributed by atoms with Gasteiger partial charge in [0.25, 0.3) is 0 Å². The van der Waals surface area contributed by atoms with E-state index >= 15 is 0 Å². The number of rotatable bonds is 11. The maximum atomic E-state index is 11.5. The number of amides is 1. The number of aromatic nitrogens is 1. The van der Waals surface area contributed by atoms with Crippen LogP contribution in [0.5, 0.6) is 0 Å². The van der Waals surface area contributed by atoms with E-state index in [0.29, 0.717) is 6.42 Å². The predicted molar refractivity (Wildman–Crippen MR) is 147 cm³/mol. The lowest BCUT2D eigenvalue weighted by atomic mass is 9.88. The first-order valence-electron chi connectivity index (χ1n) is 13.3. The van der Waals surface area contributed by atoms with Crippen molar-refractivity contribution in [1.82, 2.24) is 9.88 Å². The van der Waals surface area contributed by atoms with Crippen LogP contribution in [0.2, 0.25) is 0 Å². The third kappa shape index (κ3) is 5.61. The summed E-state index contributed by atoms with van der Waals surface area (Å²) in [6, 6.07) is 25.7. The quantitative estimate of drug-likeness (QED) is 0.251. The second-order valence-corrected chi connectivity index (χ2v) is 10.0. The minimum absolute atomic E-state index is 0.00260. The van der Waals surface area contributed by atoms with Crippen molar-refractivity contribution < 1.29 is 14.7 Å². The smallest absolute Gasteiger partial charge is 0.303 e. The molecule has 0 saturated heterocycles. The number of hydrogen-bond acceptors (Lipinski definition) is 2. The van der Waals surface area contributed by atoms with E-state index in [-0.39, 0.29) is 12.5 Å². The first-order valence-corrected chi connectivity index (χ1v) is 13.3. The summed E-state index contributed by atoms with van der Waals surface area (Å²) in [5.41, 5.74) is 8.81. The number of aliphatic carboxylic acids is 1. The summed E-state index contributed by atoms with van der Waals surface area (Å²) < 4.78 is 2.45. The molecule has 4 aromatic rings. The Kier molecular flexibility index (Phi) is 7.69. The molecular formula is C32H34N2O3. The van der Waals surface area contributed by atoms with Crippen molar-refractivity contribution in [2.24, 2.45) is 0 Å². The van der Waals surface area contributed by atoms with Gasteiger partial charge in [0.05, 0.1) is 6.04 Å². The van der Waals surface area contributed by atoms with Crippen molar-refractivity contribution in [1.29, 1.82) is 0 Å². The van der Waals surface area contributed by atoms with Crippen LogP contribution >= 0.6 is 0 Å². The molecule has 1 unspecified atom stereocenters. The number of aryl methyl sites for hydroxylation is 3. The van der Waals surface area contributed by atoms with E-state index < -0.39 is 5.97 Å². The Morgan fingerprint density at radius 3 is 2.35 bits per heavy atom. The highest BCUT2D eigenvalue weighted by Gasteiger charge is 2.28. The van der Waals surface area contributed by atoms with Crippen LogP contribution in [0.15, 0.2) is 72.8 Å². The summed E-state index contributed by atoms with van der Waals surface area (Å²) in [4.78, 5) is 22.7. The van der Waals surface area contributed by atoms with E-state index in [4.69, 9.17) is 0 Å². The maximum absolute atomic E-state index is 11.5. The van der Waals surface area contributed by atoms with Crippen LogP contribution < -0.4 is 5.32 Å². The molecular weight excluding hydrogens is 460 g/mol. The molecule has 0 aliphatic heterocycles. The standard InChI is InChI=1S/C32H34N2O3/c35-22-33-28-14-8-15-29-32(28)27-19-25(13-7-16-31(36)37)26(18-17-23-9-3-1-4-10-23)20-30(27)34(29)21-24-11-5-2-6-12-24/h1-6,9-12,19-20,22,28H,7-8,13-18,21H2,(H,33,35)(H,36,37). The van der Waals surface area contributed by atoms with Crippen molar-refractivity contribution in [2.75, 3.05) is 0 Å². The molecule has 1 aliphatic carbocycles. The molecule has 3 aromatic carbocycles. The van der Waals surface area contributed by atoms with Gasteiger partial charge in [0.15, 0.2) is 0 Å². The predicted octanol–water partition coefficient (Wildman–Crippen LogP) is 6.01. The molecule has 0 radical (unpaired) electrons. The molecule has 190 valence electrons. The summed E-state index contributed by atoms with van der Waals surface area (Å²) in [5.74, 6) is -0.756. The fourth-order valence-corrected chi connectivity index (χ4v) is 5.85. The van der Waals surface area contributed by atoms with E-state index in [1.165, 1.54) is 44.4 Å². The summed E-state index contributed by atoms with van der Waals surface area (Å²) >= 11 is 0. The van der Waals surface area contributed by atoms with Gasteiger partial charge in [-0.05, 0) is 79.3 Å². The molecule has 1 aromatic heterocycles. The molecule has 1 heterocycles. The Balaban J connectivity index is 1.62. The molecule has 0 saturated carbocycles. The van der Waals surface area contributed by atoms with Gasteiger partial charge in [0, 0.05) is 35.1 Å². The molecule has 1 atom stereocenters. The molecule has 37 heavy (non-hydrogen) atoms. The monoisotopic (exact) mass is 494 g/mol. The Morgan fingerprint density at radius 2 is 1.65 bits per heavy atom. The Morgan fingerprint density at radius 1 is 0.946 bits per heavy atom. The SMILES string of the molecule is O=CNC1CCCc2c1c1cc(CCCC(=O)O)c(CCc3ccccc3)cc1n2Cc1ccccc1. The molecule has 2 N–H and O–H groups in total. The van der Waals surface area contributed by atoms with Crippen LogP contribution in [-0.4, -0.2) is 22.1 Å². The number of carboxylic acid groups (broad SMARTS) is 1. The first-order chi connectivity index (χ1) is 18.1. The maximum Gasteiger partial charge on any atom is 0.303 e. The number of carboxylic acids is 1. The number of carbonyl (C=O) groups excluding carboxylic acids is 1. The van der Waals surface area contributed by atoms with Gasteiger partial charge < -0.3 is 15.0 Å². The minimum Gasteiger partial charge on any atom is -0.481 e. The van der Waals surface area contributed by atoms with Crippen molar-refractivity contribution in [3.8, 4) is 0 Å². The van der Waals surface area contributed by atoms with Crippen LogP contribution in [0.25, 0.3) is 10.9 Å². The number of hydrogen-bond donors (Lipinski definition) is 2. The summed E-state index contributed by atoms with van der Waals surface area (Å²) in [6.45, 7) is 0.789. The number of carbonyl (C=O) groups is 2. The van der Waals surface area contributed by atoms with Gasteiger partial charge in [-0.15, -0.1) is 0 Å². The number of nitrogens with zero attached hydrogens (tertiary/aromatic N) is 1. The molecule has 5 rings (SSSR count). The second kappa shape index (κ2) is 11.5. The molecule has 1 aliphatic rings. The zero-order chi connectivity index (χ0) is 25.6. The molecule has 0 fully saturated rings. The zero-order valence-electron chi connectivity index (χ0n) is 21.2. The fraction of sp³-hybridized carbons (Fsp3) is 0.312. The minimum atomic E-state index is -0.756. The van der Waals surface area contributed by atoms with Gasteiger partial charge in [-0.25, -0.2) is 0 Å². The van der Waals surface area contributed by atoms with Crippen LogP contribution in [-0.2, 0) is 41.8 Å². The third-order valence-corrected chi connectivity index (χ3v) is 7.61. The van der Waals surface area contributed by atoms with Gasteiger partial charge in [-0.3, -0.25) is 9.59 Å². The van der Waals surface area contributed by atoms with Gasteiger partial charge in [-0.1, -0.05) is 60.7 Å². The van der Waals surface area contributed by atoms with Gasteiger partial charge in [0.1, 0.15) is 0 Å². The summed E-state index contributed by atoms with van der Waals surface area (Å²) in [6.07, 6.45) is 7.13. The molecule has 5 heteroatoms. The topological polar surface area (TPSA) is 71.3 Å². The van der Waals surface area contributed by atoms with Crippen molar-refractivity contribution >= 4 is 23.3 Å². The van der Waals surface area contributed by atoms with Crippen LogP contribution in [0.4, 0.5) is 0 Å². The Bertz CT molecular complexity index is 1380. The molecule has 1 amide bonds. The average Bonchev–Trinajstić information content (AvgIpc) is 3.21. The lowest BCUT2D eigenvalue weighted by Gasteiger charge is -2.24. The highest BCUT2D eigenvalue weighted by atomic mass is 16.4. The van der Waals surface area contributed by atoms with E-state index in [2.05, 4.69) is 70.5 Å². The number of benzene rings is 3. The first kappa shape index (κ1) is 24.8.